The summed E-state index contributed by atoms with van der Waals surface area (Å²) < 4.78 is 26.7. The van der Waals surface area contributed by atoms with Crippen LogP contribution < -0.4 is 5.73 Å². The van der Waals surface area contributed by atoms with Crippen LogP contribution in [0.1, 0.15) is 36.5 Å². The van der Waals surface area contributed by atoms with Gasteiger partial charge in [0, 0.05) is 18.0 Å². The minimum atomic E-state index is -2.81. The summed E-state index contributed by atoms with van der Waals surface area (Å²) >= 11 is 0. The van der Waals surface area contributed by atoms with E-state index in [-0.39, 0.29) is 5.56 Å². The molecule has 0 spiro atoms. The smallest absolute Gasteiger partial charge is 0.270 e. The van der Waals surface area contributed by atoms with Gasteiger partial charge in [-0.3, -0.25) is 0 Å². The number of hydrogen-bond acceptors (Lipinski definition) is 1. The van der Waals surface area contributed by atoms with Crippen LogP contribution >= 0.6 is 0 Å². The zero-order valence-electron chi connectivity index (χ0n) is 8.98. The van der Waals surface area contributed by atoms with Crippen molar-refractivity contribution in [3.05, 3.63) is 34.9 Å². The Kier molecular flexibility index (Phi) is 2.12. The van der Waals surface area contributed by atoms with Gasteiger partial charge < -0.3 is 5.73 Å². The van der Waals surface area contributed by atoms with Gasteiger partial charge in [0.05, 0.1) is 0 Å². The maximum atomic E-state index is 13.3. The molecule has 0 aliphatic heterocycles. The quantitative estimate of drug-likeness (QED) is 0.799. The van der Waals surface area contributed by atoms with Gasteiger partial charge in [-0.2, -0.15) is 0 Å². The maximum absolute atomic E-state index is 13.3. The number of benzene rings is 1. The van der Waals surface area contributed by atoms with Crippen LogP contribution in [0.2, 0.25) is 0 Å². The van der Waals surface area contributed by atoms with Gasteiger partial charge in [-0.1, -0.05) is 23.8 Å². The topological polar surface area (TPSA) is 26.0 Å². The van der Waals surface area contributed by atoms with E-state index in [2.05, 4.69) is 0 Å². The molecule has 0 unspecified atom stereocenters. The molecule has 1 aromatic carbocycles. The summed E-state index contributed by atoms with van der Waals surface area (Å²) in [5.74, 6) is -2.81. The highest BCUT2D eigenvalue weighted by atomic mass is 19.3. The molecule has 0 atom stereocenters. The largest absolute Gasteiger partial charge is 0.321 e. The Balaban J connectivity index is 2.55. The van der Waals surface area contributed by atoms with E-state index in [0.717, 1.165) is 25.3 Å². The molecule has 0 bridgehead atoms. The molecular formula is C12H15F2N. The lowest BCUT2D eigenvalue weighted by molar-refractivity contribution is 0.0160. The normalized spacial score (nSPS) is 19.0. The molecule has 3 heteroatoms. The zero-order chi connectivity index (χ0) is 11.3. The second-order valence-corrected chi connectivity index (χ2v) is 4.59. The Morgan fingerprint density at radius 1 is 1.33 bits per heavy atom. The molecule has 1 aliphatic carbocycles. The third-order valence-electron chi connectivity index (χ3n) is 2.97. The molecule has 1 fully saturated rings. The van der Waals surface area contributed by atoms with Gasteiger partial charge in [-0.25, -0.2) is 8.78 Å². The zero-order valence-corrected chi connectivity index (χ0v) is 8.98. The summed E-state index contributed by atoms with van der Waals surface area (Å²) in [6.45, 7) is 2.82. The molecule has 0 aromatic heterocycles. The van der Waals surface area contributed by atoms with Crippen molar-refractivity contribution in [1.29, 1.82) is 0 Å². The van der Waals surface area contributed by atoms with Crippen molar-refractivity contribution in [2.24, 2.45) is 5.73 Å². The van der Waals surface area contributed by atoms with Crippen molar-refractivity contribution in [2.75, 3.05) is 0 Å². The predicted molar refractivity (Wildman–Crippen MR) is 55.8 cm³/mol. The van der Waals surface area contributed by atoms with E-state index < -0.39 is 11.5 Å². The van der Waals surface area contributed by atoms with Crippen molar-refractivity contribution >= 4 is 0 Å². The summed E-state index contributed by atoms with van der Waals surface area (Å²) in [4.78, 5) is 0. The first-order valence-corrected chi connectivity index (χ1v) is 5.11. The Morgan fingerprint density at radius 3 is 2.40 bits per heavy atom. The first-order chi connectivity index (χ1) is 6.83. The molecule has 0 saturated heterocycles. The minimum Gasteiger partial charge on any atom is -0.321 e. The molecule has 1 aromatic rings. The molecule has 1 nitrogen and oxygen atoms in total. The van der Waals surface area contributed by atoms with Crippen LogP contribution in [0.25, 0.3) is 0 Å². The molecule has 0 amide bonds. The van der Waals surface area contributed by atoms with Crippen molar-refractivity contribution in [1.82, 2.24) is 0 Å². The summed E-state index contributed by atoms with van der Waals surface area (Å²) in [5.41, 5.74) is 7.18. The molecule has 0 heterocycles. The standard InChI is InChI=1S/C12H15F2N/c1-8-3-4-9(11(2,13)14)10(7-8)12(15)5-6-12/h3-4,7H,5-6,15H2,1-2H3. The van der Waals surface area contributed by atoms with Gasteiger partial charge in [-0.05, 0) is 25.3 Å². The van der Waals surface area contributed by atoms with Gasteiger partial charge >= 0.3 is 0 Å². The Labute approximate surface area is 88.3 Å². The SMILES string of the molecule is Cc1ccc(C(C)(F)F)c(C2(N)CC2)c1. The molecule has 2 rings (SSSR count). The molecule has 82 valence electrons. The molecule has 1 aliphatic rings. The van der Waals surface area contributed by atoms with Gasteiger partial charge in [0.25, 0.3) is 5.92 Å². The summed E-state index contributed by atoms with van der Waals surface area (Å²) in [6.07, 6.45) is 1.61. The van der Waals surface area contributed by atoms with E-state index >= 15 is 0 Å². The maximum Gasteiger partial charge on any atom is 0.270 e. The molecular weight excluding hydrogens is 196 g/mol. The van der Waals surface area contributed by atoms with Crippen molar-refractivity contribution in [2.45, 2.75) is 38.2 Å². The van der Waals surface area contributed by atoms with Crippen LogP contribution in [0.5, 0.6) is 0 Å². The van der Waals surface area contributed by atoms with Crippen LogP contribution in [-0.4, -0.2) is 0 Å². The minimum absolute atomic E-state index is 0.0769. The Hall–Kier alpha value is -0.960. The van der Waals surface area contributed by atoms with Crippen LogP contribution in [0.15, 0.2) is 18.2 Å². The van der Waals surface area contributed by atoms with Crippen LogP contribution in [0.3, 0.4) is 0 Å². The summed E-state index contributed by atoms with van der Waals surface area (Å²) in [7, 11) is 0. The predicted octanol–water partition coefficient (Wildman–Crippen LogP) is 3.05. The van der Waals surface area contributed by atoms with Crippen LogP contribution in [0, 0.1) is 6.92 Å². The Bertz CT molecular complexity index is 389. The Morgan fingerprint density at radius 2 is 1.93 bits per heavy atom. The number of halogens is 2. The van der Waals surface area contributed by atoms with E-state index in [1.54, 1.807) is 12.1 Å². The average molecular weight is 211 g/mol. The molecule has 15 heavy (non-hydrogen) atoms. The fraction of sp³-hybridized carbons (Fsp3) is 0.500. The molecule has 2 N–H and O–H groups in total. The van der Waals surface area contributed by atoms with E-state index in [9.17, 15) is 8.78 Å². The van der Waals surface area contributed by atoms with E-state index in [4.69, 9.17) is 5.73 Å². The van der Waals surface area contributed by atoms with E-state index in [1.165, 1.54) is 6.07 Å². The highest BCUT2D eigenvalue weighted by molar-refractivity contribution is 5.42. The summed E-state index contributed by atoms with van der Waals surface area (Å²) in [5, 5.41) is 0. The number of aryl methyl sites for hydroxylation is 1. The van der Waals surface area contributed by atoms with Gasteiger partial charge in [-0.15, -0.1) is 0 Å². The molecule has 0 radical (unpaired) electrons. The van der Waals surface area contributed by atoms with Crippen molar-refractivity contribution < 1.29 is 8.78 Å². The number of nitrogens with two attached hydrogens (primary N) is 1. The van der Waals surface area contributed by atoms with Crippen LogP contribution in [0.4, 0.5) is 8.78 Å². The van der Waals surface area contributed by atoms with Crippen LogP contribution in [-0.2, 0) is 11.5 Å². The second-order valence-electron chi connectivity index (χ2n) is 4.59. The average Bonchev–Trinajstić information content (AvgIpc) is 2.83. The first kappa shape index (κ1) is 10.6. The third kappa shape index (κ3) is 1.88. The monoisotopic (exact) mass is 211 g/mol. The second kappa shape index (κ2) is 3.01. The third-order valence-corrected chi connectivity index (χ3v) is 2.97. The van der Waals surface area contributed by atoms with Gasteiger partial charge in [0.2, 0.25) is 0 Å². The number of hydrogen-bond donors (Lipinski definition) is 1. The number of alkyl halides is 2. The van der Waals surface area contributed by atoms with E-state index in [0.29, 0.717) is 5.56 Å². The van der Waals surface area contributed by atoms with Crippen molar-refractivity contribution in [3.8, 4) is 0 Å². The lowest BCUT2D eigenvalue weighted by atomic mass is 9.93. The highest BCUT2D eigenvalue weighted by Crippen LogP contribution is 2.47. The van der Waals surface area contributed by atoms with Gasteiger partial charge in [0.1, 0.15) is 0 Å². The lowest BCUT2D eigenvalue weighted by Crippen LogP contribution is -2.24. The lowest BCUT2D eigenvalue weighted by Gasteiger charge is -2.20. The van der Waals surface area contributed by atoms with Crippen molar-refractivity contribution in [3.63, 3.8) is 0 Å². The fourth-order valence-electron chi connectivity index (χ4n) is 1.86. The first-order valence-electron chi connectivity index (χ1n) is 5.11. The highest BCUT2D eigenvalue weighted by Gasteiger charge is 2.44. The number of rotatable bonds is 2. The molecule has 1 saturated carbocycles. The fourth-order valence-corrected chi connectivity index (χ4v) is 1.86. The summed E-state index contributed by atoms with van der Waals surface area (Å²) in [6, 6.07) is 5.00. The van der Waals surface area contributed by atoms with E-state index in [1.807, 2.05) is 6.92 Å². The van der Waals surface area contributed by atoms with Gasteiger partial charge in [0.15, 0.2) is 0 Å².